The number of ether oxygens (including phenoxy) is 1. The summed E-state index contributed by atoms with van der Waals surface area (Å²) in [5.41, 5.74) is 5.96. The SMILES string of the molecule is Cc1cc2nc(C)c(CCC(=O)NC3CCOc4ccccc43)c(C)n2n1. The van der Waals surface area contributed by atoms with Crippen LogP contribution in [0.25, 0.3) is 5.65 Å². The molecule has 0 bridgehead atoms. The molecule has 0 saturated carbocycles. The number of amides is 1. The van der Waals surface area contributed by atoms with Gasteiger partial charge in [0.05, 0.1) is 18.3 Å². The van der Waals surface area contributed by atoms with E-state index in [-0.39, 0.29) is 11.9 Å². The van der Waals surface area contributed by atoms with E-state index in [9.17, 15) is 4.79 Å². The highest BCUT2D eigenvalue weighted by molar-refractivity contribution is 5.77. The second kappa shape index (κ2) is 7.02. The number of hydrogen-bond acceptors (Lipinski definition) is 4. The van der Waals surface area contributed by atoms with Crippen molar-refractivity contribution in [3.8, 4) is 5.75 Å². The summed E-state index contributed by atoms with van der Waals surface area (Å²) in [7, 11) is 0. The molecule has 27 heavy (non-hydrogen) atoms. The lowest BCUT2D eigenvalue weighted by Crippen LogP contribution is -2.32. The lowest BCUT2D eigenvalue weighted by atomic mass is 10.00. The van der Waals surface area contributed by atoms with E-state index in [1.807, 2.05) is 55.6 Å². The maximum absolute atomic E-state index is 12.6. The van der Waals surface area contributed by atoms with Gasteiger partial charge in [-0.1, -0.05) is 18.2 Å². The summed E-state index contributed by atoms with van der Waals surface area (Å²) in [6.07, 6.45) is 1.87. The number of nitrogens with one attached hydrogen (secondary N) is 1. The molecule has 0 aliphatic carbocycles. The first kappa shape index (κ1) is 17.5. The minimum Gasteiger partial charge on any atom is -0.493 e. The summed E-state index contributed by atoms with van der Waals surface area (Å²) in [6.45, 7) is 6.62. The molecule has 2 aromatic heterocycles. The molecule has 6 nitrogen and oxygen atoms in total. The monoisotopic (exact) mass is 364 g/mol. The van der Waals surface area contributed by atoms with Crippen LogP contribution >= 0.6 is 0 Å². The largest absolute Gasteiger partial charge is 0.493 e. The molecule has 1 atom stereocenters. The Kier molecular flexibility index (Phi) is 4.56. The number of aromatic nitrogens is 3. The predicted octanol–water partition coefficient (Wildman–Crippen LogP) is 3.23. The van der Waals surface area contributed by atoms with Crippen LogP contribution in [-0.4, -0.2) is 27.1 Å². The molecule has 1 unspecified atom stereocenters. The summed E-state index contributed by atoms with van der Waals surface area (Å²) in [6, 6.07) is 9.89. The minimum absolute atomic E-state index is 0.0130. The average molecular weight is 364 g/mol. The van der Waals surface area contributed by atoms with Gasteiger partial charge in [-0.2, -0.15) is 5.10 Å². The Morgan fingerprint density at radius 2 is 2.11 bits per heavy atom. The molecule has 140 valence electrons. The number of carbonyl (C=O) groups is 1. The van der Waals surface area contributed by atoms with E-state index in [0.717, 1.165) is 46.0 Å². The van der Waals surface area contributed by atoms with Crippen molar-refractivity contribution >= 4 is 11.6 Å². The molecular weight excluding hydrogens is 340 g/mol. The van der Waals surface area contributed by atoms with Gasteiger partial charge in [-0.15, -0.1) is 0 Å². The van der Waals surface area contributed by atoms with Crippen molar-refractivity contribution in [1.29, 1.82) is 0 Å². The average Bonchev–Trinajstić information content (AvgIpc) is 3.02. The Bertz CT molecular complexity index is 1010. The van der Waals surface area contributed by atoms with E-state index in [0.29, 0.717) is 19.4 Å². The van der Waals surface area contributed by atoms with E-state index in [1.54, 1.807) is 0 Å². The Balaban J connectivity index is 1.47. The van der Waals surface area contributed by atoms with E-state index in [2.05, 4.69) is 15.4 Å². The van der Waals surface area contributed by atoms with Crippen LogP contribution < -0.4 is 10.1 Å². The summed E-state index contributed by atoms with van der Waals surface area (Å²) >= 11 is 0. The molecule has 1 aliphatic rings. The van der Waals surface area contributed by atoms with Crippen LogP contribution in [0.1, 0.15) is 47.1 Å². The summed E-state index contributed by atoms with van der Waals surface area (Å²) in [5.74, 6) is 0.914. The first-order chi connectivity index (χ1) is 13.0. The Morgan fingerprint density at radius 3 is 2.96 bits per heavy atom. The molecular formula is C21H24N4O2. The third kappa shape index (κ3) is 3.39. The molecule has 1 N–H and O–H groups in total. The fraction of sp³-hybridized carbons (Fsp3) is 0.381. The van der Waals surface area contributed by atoms with Crippen molar-refractivity contribution < 1.29 is 9.53 Å². The Hall–Kier alpha value is -2.89. The summed E-state index contributed by atoms with van der Waals surface area (Å²) < 4.78 is 7.53. The van der Waals surface area contributed by atoms with Gasteiger partial charge in [0.25, 0.3) is 0 Å². The van der Waals surface area contributed by atoms with Gasteiger partial charge in [-0.25, -0.2) is 9.50 Å². The number of carbonyl (C=O) groups excluding carboxylic acids is 1. The van der Waals surface area contributed by atoms with E-state index >= 15 is 0 Å². The van der Waals surface area contributed by atoms with Gasteiger partial charge in [-0.05, 0) is 38.8 Å². The van der Waals surface area contributed by atoms with Gasteiger partial charge in [-0.3, -0.25) is 4.79 Å². The van der Waals surface area contributed by atoms with Gasteiger partial charge in [0.1, 0.15) is 5.75 Å². The molecule has 0 saturated heterocycles. The number of nitrogens with zero attached hydrogens (tertiary/aromatic N) is 3. The van der Waals surface area contributed by atoms with Crippen LogP contribution in [0, 0.1) is 20.8 Å². The fourth-order valence-electron chi connectivity index (χ4n) is 3.80. The highest BCUT2D eigenvalue weighted by Crippen LogP contribution is 2.31. The maximum atomic E-state index is 12.6. The molecule has 3 aromatic rings. The fourth-order valence-corrected chi connectivity index (χ4v) is 3.80. The first-order valence-corrected chi connectivity index (χ1v) is 9.36. The minimum atomic E-state index is 0.0130. The van der Waals surface area contributed by atoms with E-state index in [1.165, 1.54) is 0 Å². The third-order valence-electron chi connectivity index (χ3n) is 5.18. The molecule has 0 radical (unpaired) electrons. The van der Waals surface area contributed by atoms with Gasteiger partial charge < -0.3 is 10.1 Å². The van der Waals surface area contributed by atoms with Gasteiger partial charge in [0, 0.05) is 35.9 Å². The molecule has 3 heterocycles. The molecule has 1 aromatic carbocycles. The second-order valence-electron chi connectivity index (χ2n) is 7.11. The molecule has 6 heteroatoms. The normalized spacial score (nSPS) is 16.0. The maximum Gasteiger partial charge on any atom is 0.220 e. The van der Waals surface area contributed by atoms with Crippen LogP contribution in [0.3, 0.4) is 0 Å². The van der Waals surface area contributed by atoms with Crippen molar-refractivity contribution in [2.45, 2.75) is 46.1 Å². The van der Waals surface area contributed by atoms with Gasteiger partial charge in [0.2, 0.25) is 5.91 Å². The standard InChI is InChI=1S/C21H24N4O2/c1-13-12-20-22-14(2)16(15(3)25(20)24-13)8-9-21(26)23-18-10-11-27-19-7-5-4-6-17(18)19/h4-7,12,18H,8-11H2,1-3H3,(H,23,26). The summed E-state index contributed by atoms with van der Waals surface area (Å²) in [4.78, 5) is 17.2. The lowest BCUT2D eigenvalue weighted by Gasteiger charge is -2.26. The number of para-hydroxylation sites is 1. The van der Waals surface area contributed by atoms with Crippen molar-refractivity contribution in [2.75, 3.05) is 6.61 Å². The number of aryl methyl sites for hydroxylation is 3. The summed E-state index contributed by atoms with van der Waals surface area (Å²) in [5, 5.41) is 7.66. The number of rotatable bonds is 4. The number of benzene rings is 1. The van der Waals surface area contributed by atoms with E-state index in [4.69, 9.17) is 4.74 Å². The van der Waals surface area contributed by atoms with Crippen LogP contribution in [0.15, 0.2) is 30.3 Å². The predicted molar refractivity (Wildman–Crippen MR) is 103 cm³/mol. The zero-order chi connectivity index (χ0) is 19.0. The molecule has 0 spiro atoms. The quantitative estimate of drug-likeness (QED) is 0.772. The Morgan fingerprint density at radius 1 is 1.30 bits per heavy atom. The zero-order valence-corrected chi connectivity index (χ0v) is 16.0. The zero-order valence-electron chi connectivity index (χ0n) is 16.0. The topological polar surface area (TPSA) is 68.5 Å². The van der Waals surface area contributed by atoms with Crippen molar-refractivity contribution in [2.24, 2.45) is 0 Å². The van der Waals surface area contributed by atoms with Gasteiger partial charge in [0.15, 0.2) is 5.65 Å². The first-order valence-electron chi connectivity index (χ1n) is 9.36. The molecule has 1 aliphatic heterocycles. The number of hydrogen-bond donors (Lipinski definition) is 1. The van der Waals surface area contributed by atoms with Crippen LogP contribution in [-0.2, 0) is 11.2 Å². The van der Waals surface area contributed by atoms with Crippen molar-refractivity contribution in [3.63, 3.8) is 0 Å². The molecule has 0 fully saturated rings. The highest BCUT2D eigenvalue weighted by Gasteiger charge is 2.22. The third-order valence-corrected chi connectivity index (χ3v) is 5.18. The van der Waals surface area contributed by atoms with Crippen LogP contribution in [0.5, 0.6) is 5.75 Å². The van der Waals surface area contributed by atoms with Crippen LogP contribution in [0.2, 0.25) is 0 Å². The lowest BCUT2D eigenvalue weighted by molar-refractivity contribution is -0.122. The van der Waals surface area contributed by atoms with Crippen molar-refractivity contribution in [1.82, 2.24) is 19.9 Å². The Labute approximate surface area is 158 Å². The smallest absolute Gasteiger partial charge is 0.220 e. The highest BCUT2D eigenvalue weighted by atomic mass is 16.5. The van der Waals surface area contributed by atoms with Crippen LogP contribution in [0.4, 0.5) is 0 Å². The van der Waals surface area contributed by atoms with Gasteiger partial charge >= 0.3 is 0 Å². The number of fused-ring (bicyclic) bond motifs is 2. The van der Waals surface area contributed by atoms with E-state index < -0.39 is 0 Å². The molecule has 4 rings (SSSR count). The second-order valence-corrected chi connectivity index (χ2v) is 7.11. The molecule has 1 amide bonds. The van der Waals surface area contributed by atoms with Crippen molar-refractivity contribution in [3.05, 3.63) is 58.5 Å².